The Kier molecular flexibility index (Phi) is 2.24. The van der Waals surface area contributed by atoms with E-state index in [0.717, 1.165) is 19.3 Å². The molecular weight excluding hydrogens is 214 g/mol. The van der Waals surface area contributed by atoms with Gasteiger partial charge in [0.2, 0.25) is 10.0 Å². The Hall–Kier alpha value is -0.130. The van der Waals surface area contributed by atoms with Gasteiger partial charge in [-0.2, -0.15) is 0 Å². The van der Waals surface area contributed by atoms with Crippen LogP contribution in [0.25, 0.3) is 0 Å². The molecule has 2 saturated carbocycles. The third-order valence-electron chi connectivity index (χ3n) is 4.96. The van der Waals surface area contributed by atoms with Gasteiger partial charge in [0.15, 0.2) is 0 Å². The molecule has 2 rings (SSSR count). The van der Waals surface area contributed by atoms with E-state index in [4.69, 9.17) is 5.14 Å². The molecule has 0 saturated heterocycles. The van der Waals surface area contributed by atoms with E-state index in [0.29, 0.717) is 5.92 Å². The summed E-state index contributed by atoms with van der Waals surface area (Å²) in [6.45, 7) is 3.96. The number of aliphatic hydroxyl groups excluding tert-OH is 1. The van der Waals surface area contributed by atoms with E-state index in [9.17, 15) is 13.5 Å². The van der Waals surface area contributed by atoms with Crippen LogP contribution < -0.4 is 5.14 Å². The highest BCUT2D eigenvalue weighted by Crippen LogP contribution is 2.65. The van der Waals surface area contributed by atoms with Crippen molar-refractivity contribution in [3.05, 3.63) is 0 Å². The number of hydrogen-bond acceptors (Lipinski definition) is 3. The quantitative estimate of drug-likeness (QED) is 0.727. The second kappa shape index (κ2) is 2.96. The molecule has 0 aromatic heterocycles. The van der Waals surface area contributed by atoms with E-state index >= 15 is 0 Å². The van der Waals surface area contributed by atoms with Crippen LogP contribution in [0.15, 0.2) is 0 Å². The Balaban J connectivity index is 2.37. The maximum atomic E-state index is 11.3. The first-order chi connectivity index (χ1) is 6.69. The fraction of sp³-hybridized carbons (Fsp3) is 1.00. The Morgan fingerprint density at radius 1 is 1.47 bits per heavy atom. The highest BCUT2D eigenvalue weighted by molar-refractivity contribution is 7.89. The number of aliphatic hydroxyl groups is 1. The first-order valence-electron chi connectivity index (χ1n) is 5.38. The number of nitrogens with two attached hydrogens (primary N) is 1. The van der Waals surface area contributed by atoms with Gasteiger partial charge >= 0.3 is 0 Å². The molecule has 3 N–H and O–H groups in total. The fourth-order valence-corrected chi connectivity index (χ4v) is 5.10. The maximum Gasteiger partial charge on any atom is 0.209 e. The number of rotatable bonds is 2. The zero-order valence-corrected chi connectivity index (χ0v) is 10.0. The molecule has 15 heavy (non-hydrogen) atoms. The molecule has 5 heteroatoms. The number of fused-ring (bicyclic) bond motifs is 2. The van der Waals surface area contributed by atoms with Crippen molar-refractivity contribution in [2.45, 2.75) is 39.2 Å². The molecule has 88 valence electrons. The van der Waals surface area contributed by atoms with Gasteiger partial charge in [0.25, 0.3) is 0 Å². The average Bonchev–Trinajstić information content (AvgIpc) is 2.35. The first kappa shape index (κ1) is 11.4. The minimum Gasteiger partial charge on any atom is -0.393 e. The van der Waals surface area contributed by atoms with Crippen LogP contribution in [-0.4, -0.2) is 25.4 Å². The highest BCUT2D eigenvalue weighted by atomic mass is 32.2. The summed E-state index contributed by atoms with van der Waals surface area (Å²) in [5.74, 6) is 0.300. The summed E-state index contributed by atoms with van der Waals surface area (Å²) >= 11 is 0. The second-order valence-corrected chi connectivity index (χ2v) is 7.24. The molecule has 2 aliphatic carbocycles. The molecule has 2 bridgehead atoms. The van der Waals surface area contributed by atoms with E-state index in [1.54, 1.807) is 0 Å². The summed E-state index contributed by atoms with van der Waals surface area (Å²) in [7, 11) is -3.46. The first-order valence-corrected chi connectivity index (χ1v) is 7.09. The lowest BCUT2D eigenvalue weighted by Gasteiger charge is -2.39. The Morgan fingerprint density at radius 2 is 2.07 bits per heavy atom. The summed E-state index contributed by atoms with van der Waals surface area (Å²) in [6.07, 6.45) is 2.27. The zero-order valence-electron chi connectivity index (χ0n) is 9.23. The Morgan fingerprint density at radius 3 is 2.40 bits per heavy atom. The van der Waals surface area contributed by atoms with Gasteiger partial charge in [-0.15, -0.1) is 0 Å². The summed E-state index contributed by atoms with van der Waals surface area (Å²) in [5.41, 5.74) is -0.621. The van der Waals surface area contributed by atoms with Crippen molar-refractivity contribution in [2.75, 3.05) is 5.75 Å². The molecule has 1 unspecified atom stereocenters. The van der Waals surface area contributed by atoms with Crippen LogP contribution in [0.1, 0.15) is 33.1 Å². The smallest absolute Gasteiger partial charge is 0.209 e. The largest absolute Gasteiger partial charge is 0.393 e. The standard InChI is InChI=1S/C10H19NO3S/c1-9-4-3-7(5-8(9)12)10(9,2)6-15(11,13)14/h7-8,12H,3-6H2,1-2H3,(H2,11,13,14)/t7-,8-,9+,10?/m1/s1. The number of hydrogen-bond donors (Lipinski definition) is 2. The molecule has 4 atom stereocenters. The lowest BCUT2D eigenvalue weighted by molar-refractivity contribution is 0.0138. The fourth-order valence-electron chi connectivity index (χ4n) is 3.70. The highest BCUT2D eigenvalue weighted by Gasteiger charge is 2.64. The van der Waals surface area contributed by atoms with Gasteiger partial charge < -0.3 is 5.11 Å². The minimum absolute atomic E-state index is 0.00176. The molecule has 0 radical (unpaired) electrons. The number of sulfonamides is 1. The van der Waals surface area contributed by atoms with Crippen LogP contribution in [0.5, 0.6) is 0 Å². The van der Waals surface area contributed by atoms with Gasteiger partial charge in [0.05, 0.1) is 11.9 Å². The van der Waals surface area contributed by atoms with Crippen LogP contribution in [0.2, 0.25) is 0 Å². The summed E-state index contributed by atoms with van der Waals surface area (Å²) in [4.78, 5) is 0. The lowest BCUT2D eigenvalue weighted by atomic mass is 9.70. The third-order valence-corrected chi connectivity index (χ3v) is 5.96. The Labute approximate surface area is 90.9 Å². The zero-order chi connectivity index (χ0) is 11.5. The van der Waals surface area contributed by atoms with E-state index in [1.807, 2.05) is 13.8 Å². The van der Waals surface area contributed by atoms with Crippen molar-refractivity contribution in [1.82, 2.24) is 0 Å². The average molecular weight is 233 g/mol. The van der Waals surface area contributed by atoms with Crippen LogP contribution in [0.4, 0.5) is 0 Å². The van der Waals surface area contributed by atoms with Crippen LogP contribution in [-0.2, 0) is 10.0 Å². The molecule has 0 amide bonds. The summed E-state index contributed by atoms with van der Waals surface area (Å²) < 4.78 is 22.5. The minimum atomic E-state index is -3.46. The normalized spacial score (nSPS) is 49.9. The lowest BCUT2D eigenvalue weighted by Crippen LogP contribution is -2.43. The van der Waals surface area contributed by atoms with Gasteiger partial charge in [-0.3, -0.25) is 0 Å². The monoisotopic (exact) mass is 233 g/mol. The van der Waals surface area contributed by atoms with E-state index in [-0.39, 0.29) is 22.7 Å². The predicted molar refractivity (Wildman–Crippen MR) is 57.5 cm³/mol. The topological polar surface area (TPSA) is 80.4 Å². The van der Waals surface area contributed by atoms with E-state index in [1.165, 1.54) is 0 Å². The molecule has 0 aromatic rings. The molecule has 0 aliphatic heterocycles. The molecule has 2 aliphatic rings. The van der Waals surface area contributed by atoms with Gasteiger partial charge in [-0.25, -0.2) is 13.6 Å². The summed E-state index contributed by atoms with van der Waals surface area (Å²) in [6, 6.07) is 0. The van der Waals surface area contributed by atoms with Gasteiger partial charge in [0, 0.05) is 5.41 Å². The Bertz CT molecular complexity index is 380. The van der Waals surface area contributed by atoms with E-state index < -0.39 is 10.0 Å². The van der Waals surface area contributed by atoms with Crippen molar-refractivity contribution < 1.29 is 13.5 Å². The predicted octanol–water partition coefficient (Wildman–Crippen LogP) is 0.462. The van der Waals surface area contributed by atoms with Crippen molar-refractivity contribution in [3.63, 3.8) is 0 Å². The van der Waals surface area contributed by atoms with Crippen molar-refractivity contribution in [3.8, 4) is 0 Å². The number of primary sulfonamides is 1. The molecule has 4 nitrogen and oxygen atoms in total. The third kappa shape index (κ3) is 1.44. The maximum absolute atomic E-state index is 11.3. The summed E-state index contributed by atoms with van der Waals surface area (Å²) in [5, 5.41) is 15.1. The molecule has 2 fully saturated rings. The molecule has 0 aromatic carbocycles. The van der Waals surface area contributed by atoms with Gasteiger partial charge in [0.1, 0.15) is 0 Å². The van der Waals surface area contributed by atoms with Crippen molar-refractivity contribution in [1.29, 1.82) is 0 Å². The molecule has 0 spiro atoms. The van der Waals surface area contributed by atoms with Crippen LogP contribution in [0.3, 0.4) is 0 Å². The van der Waals surface area contributed by atoms with Crippen LogP contribution >= 0.6 is 0 Å². The van der Waals surface area contributed by atoms with Crippen molar-refractivity contribution in [2.24, 2.45) is 21.9 Å². The second-order valence-electron chi connectivity index (χ2n) is 5.63. The van der Waals surface area contributed by atoms with Crippen molar-refractivity contribution >= 4 is 10.0 Å². The van der Waals surface area contributed by atoms with Crippen LogP contribution in [0, 0.1) is 16.7 Å². The molecular formula is C10H19NO3S. The molecule has 0 heterocycles. The SMILES string of the molecule is CC1(CS(N)(=O)=O)[C@@H]2CC[C@@]1(C)[C@H](O)C2. The van der Waals surface area contributed by atoms with Gasteiger partial charge in [-0.05, 0) is 30.6 Å². The van der Waals surface area contributed by atoms with Gasteiger partial charge in [-0.1, -0.05) is 13.8 Å². The van der Waals surface area contributed by atoms with E-state index in [2.05, 4.69) is 0 Å².